The van der Waals surface area contributed by atoms with Crippen LogP contribution in [-0.4, -0.2) is 20.5 Å². The van der Waals surface area contributed by atoms with E-state index in [0.717, 1.165) is 24.0 Å². The third kappa shape index (κ3) is 4.03. The molecule has 0 aliphatic rings. The standard InChI is InChI=1S/C23H24N2O3/c1-4-5-6-19-20(11-9-17-13-15(2)7-8-16(17)3)24-21-12-10-18(23(27)28)14-25(21)22(19)26/h7-14H,4-6H2,1-3H3,(H,27,28)/b11-9+. The first kappa shape index (κ1) is 19.5. The van der Waals surface area contributed by atoms with Crippen LogP contribution in [0.3, 0.4) is 0 Å². The van der Waals surface area contributed by atoms with Crippen molar-refractivity contribution in [3.63, 3.8) is 0 Å². The SMILES string of the molecule is CCCCc1c(/C=C/c2cc(C)ccc2C)nc2ccc(C(=O)O)cn2c1=O. The minimum absolute atomic E-state index is 0.0662. The van der Waals surface area contributed by atoms with Crippen molar-refractivity contribution >= 4 is 23.8 Å². The van der Waals surface area contributed by atoms with E-state index in [9.17, 15) is 14.7 Å². The van der Waals surface area contributed by atoms with Crippen LogP contribution < -0.4 is 5.56 Å². The van der Waals surface area contributed by atoms with Crippen molar-refractivity contribution in [2.45, 2.75) is 40.0 Å². The lowest BCUT2D eigenvalue weighted by Crippen LogP contribution is -2.22. The largest absolute Gasteiger partial charge is 0.478 e. The molecule has 5 heteroatoms. The Morgan fingerprint density at radius 3 is 2.68 bits per heavy atom. The molecule has 0 saturated heterocycles. The van der Waals surface area contributed by atoms with E-state index in [-0.39, 0.29) is 11.1 Å². The Morgan fingerprint density at radius 1 is 1.18 bits per heavy atom. The second-order valence-corrected chi connectivity index (χ2v) is 7.03. The fourth-order valence-electron chi connectivity index (χ4n) is 3.15. The number of carboxylic acid groups (broad SMARTS) is 1. The van der Waals surface area contributed by atoms with Gasteiger partial charge in [0, 0.05) is 11.8 Å². The van der Waals surface area contributed by atoms with Gasteiger partial charge in [-0.15, -0.1) is 0 Å². The predicted molar refractivity (Wildman–Crippen MR) is 112 cm³/mol. The van der Waals surface area contributed by atoms with Crippen molar-refractivity contribution in [1.29, 1.82) is 0 Å². The zero-order valence-electron chi connectivity index (χ0n) is 16.4. The van der Waals surface area contributed by atoms with E-state index in [1.54, 1.807) is 6.07 Å². The number of aromatic nitrogens is 2. The van der Waals surface area contributed by atoms with Crippen LogP contribution in [0, 0.1) is 13.8 Å². The molecule has 5 nitrogen and oxygen atoms in total. The minimum Gasteiger partial charge on any atom is -0.478 e. The third-order valence-electron chi connectivity index (χ3n) is 4.83. The van der Waals surface area contributed by atoms with E-state index in [2.05, 4.69) is 30.1 Å². The Kier molecular flexibility index (Phi) is 5.73. The fourth-order valence-corrected chi connectivity index (χ4v) is 3.15. The molecular formula is C23H24N2O3. The summed E-state index contributed by atoms with van der Waals surface area (Å²) in [5.41, 5.74) is 4.97. The summed E-state index contributed by atoms with van der Waals surface area (Å²) in [5, 5.41) is 9.21. The maximum atomic E-state index is 13.1. The smallest absolute Gasteiger partial charge is 0.337 e. The van der Waals surface area contributed by atoms with Crippen LogP contribution in [0.15, 0.2) is 41.3 Å². The highest BCUT2D eigenvalue weighted by molar-refractivity contribution is 5.87. The van der Waals surface area contributed by atoms with E-state index in [1.807, 2.05) is 26.0 Å². The van der Waals surface area contributed by atoms with Gasteiger partial charge in [0.1, 0.15) is 5.65 Å². The Morgan fingerprint density at radius 2 is 1.96 bits per heavy atom. The Hall–Kier alpha value is -3.21. The number of aromatic carboxylic acids is 1. The molecule has 0 spiro atoms. The normalized spacial score (nSPS) is 11.4. The third-order valence-corrected chi connectivity index (χ3v) is 4.83. The molecule has 0 radical (unpaired) electrons. The van der Waals surface area contributed by atoms with Gasteiger partial charge in [0.2, 0.25) is 0 Å². The van der Waals surface area contributed by atoms with Gasteiger partial charge in [-0.05, 0) is 56.0 Å². The number of benzene rings is 1. The first-order valence-electron chi connectivity index (χ1n) is 9.44. The van der Waals surface area contributed by atoms with E-state index in [4.69, 9.17) is 0 Å². The average Bonchev–Trinajstić information content (AvgIpc) is 2.67. The minimum atomic E-state index is -1.07. The van der Waals surface area contributed by atoms with Crippen LogP contribution in [0.2, 0.25) is 0 Å². The first-order chi connectivity index (χ1) is 13.4. The lowest BCUT2D eigenvalue weighted by Gasteiger charge is -2.09. The Labute approximate surface area is 164 Å². The van der Waals surface area contributed by atoms with E-state index < -0.39 is 5.97 Å². The molecule has 0 aliphatic heterocycles. The molecule has 2 aromatic heterocycles. The number of carbonyl (C=O) groups is 1. The number of carboxylic acids is 1. The van der Waals surface area contributed by atoms with Gasteiger partial charge in [0.15, 0.2) is 0 Å². The number of hydrogen-bond donors (Lipinski definition) is 1. The summed E-state index contributed by atoms with van der Waals surface area (Å²) in [7, 11) is 0. The number of unbranched alkanes of at least 4 members (excludes halogenated alkanes) is 1. The summed E-state index contributed by atoms with van der Waals surface area (Å²) < 4.78 is 1.34. The summed E-state index contributed by atoms with van der Waals surface area (Å²) in [6, 6.07) is 9.28. The zero-order chi connectivity index (χ0) is 20.3. The van der Waals surface area contributed by atoms with Crippen molar-refractivity contribution < 1.29 is 9.90 Å². The second-order valence-electron chi connectivity index (χ2n) is 7.03. The van der Waals surface area contributed by atoms with E-state index in [0.29, 0.717) is 23.3 Å². The highest BCUT2D eigenvalue weighted by Gasteiger charge is 2.13. The molecule has 0 bridgehead atoms. The molecule has 2 heterocycles. The van der Waals surface area contributed by atoms with Crippen molar-refractivity contribution in [3.05, 3.63) is 80.4 Å². The van der Waals surface area contributed by atoms with Gasteiger partial charge in [0.25, 0.3) is 5.56 Å². The highest BCUT2D eigenvalue weighted by Crippen LogP contribution is 2.17. The lowest BCUT2D eigenvalue weighted by atomic mass is 10.0. The fraction of sp³-hybridized carbons (Fsp3) is 0.261. The van der Waals surface area contributed by atoms with Crippen LogP contribution in [0.4, 0.5) is 0 Å². The monoisotopic (exact) mass is 376 g/mol. The van der Waals surface area contributed by atoms with E-state index in [1.165, 1.54) is 22.2 Å². The molecule has 0 saturated carbocycles. The summed E-state index contributed by atoms with van der Waals surface area (Å²) in [6.45, 7) is 6.16. The van der Waals surface area contributed by atoms with Crippen molar-refractivity contribution in [2.24, 2.45) is 0 Å². The molecule has 0 fully saturated rings. The van der Waals surface area contributed by atoms with Crippen molar-refractivity contribution in [1.82, 2.24) is 9.38 Å². The lowest BCUT2D eigenvalue weighted by molar-refractivity contribution is 0.0696. The molecule has 1 aromatic carbocycles. The van der Waals surface area contributed by atoms with Gasteiger partial charge < -0.3 is 5.11 Å². The number of rotatable bonds is 6. The van der Waals surface area contributed by atoms with Gasteiger partial charge >= 0.3 is 5.97 Å². The van der Waals surface area contributed by atoms with Crippen LogP contribution in [-0.2, 0) is 6.42 Å². The number of nitrogens with zero attached hydrogens (tertiary/aromatic N) is 2. The van der Waals surface area contributed by atoms with Crippen molar-refractivity contribution in [2.75, 3.05) is 0 Å². The quantitative estimate of drug-likeness (QED) is 0.686. The number of pyridine rings is 1. The van der Waals surface area contributed by atoms with Crippen LogP contribution in [0.1, 0.15) is 58.1 Å². The van der Waals surface area contributed by atoms with E-state index >= 15 is 0 Å². The molecular weight excluding hydrogens is 352 g/mol. The molecule has 0 aliphatic carbocycles. The summed E-state index contributed by atoms with van der Waals surface area (Å²) in [5.74, 6) is -1.07. The van der Waals surface area contributed by atoms with Crippen LogP contribution >= 0.6 is 0 Å². The molecule has 3 aromatic rings. The van der Waals surface area contributed by atoms with Crippen molar-refractivity contribution in [3.8, 4) is 0 Å². The Balaban J connectivity index is 2.15. The molecule has 28 heavy (non-hydrogen) atoms. The maximum Gasteiger partial charge on any atom is 0.337 e. The number of fused-ring (bicyclic) bond motifs is 1. The maximum absolute atomic E-state index is 13.1. The van der Waals surface area contributed by atoms with Gasteiger partial charge in [0.05, 0.1) is 11.3 Å². The molecule has 144 valence electrons. The second kappa shape index (κ2) is 8.21. The number of hydrogen-bond acceptors (Lipinski definition) is 3. The molecule has 0 unspecified atom stereocenters. The van der Waals surface area contributed by atoms with Gasteiger partial charge in [-0.3, -0.25) is 9.20 Å². The summed E-state index contributed by atoms with van der Waals surface area (Å²) in [6.07, 6.45) is 7.65. The van der Waals surface area contributed by atoms with Crippen LogP contribution in [0.25, 0.3) is 17.8 Å². The molecule has 0 atom stereocenters. The highest BCUT2D eigenvalue weighted by atomic mass is 16.4. The summed E-state index contributed by atoms with van der Waals surface area (Å²) in [4.78, 5) is 28.9. The molecule has 0 amide bonds. The first-order valence-corrected chi connectivity index (χ1v) is 9.44. The van der Waals surface area contributed by atoms with Gasteiger partial charge in [-0.25, -0.2) is 9.78 Å². The number of aryl methyl sites for hydroxylation is 2. The predicted octanol–water partition coefficient (Wildman–Crippen LogP) is 4.52. The average molecular weight is 376 g/mol. The Bertz CT molecular complexity index is 1130. The zero-order valence-corrected chi connectivity index (χ0v) is 16.4. The van der Waals surface area contributed by atoms with Crippen LogP contribution in [0.5, 0.6) is 0 Å². The molecule has 3 rings (SSSR count). The van der Waals surface area contributed by atoms with Gasteiger partial charge in [-0.1, -0.05) is 43.2 Å². The van der Waals surface area contributed by atoms with Gasteiger partial charge in [-0.2, -0.15) is 0 Å². The topological polar surface area (TPSA) is 71.7 Å². The molecule has 1 N–H and O–H groups in total. The summed E-state index contributed by atoms with van der Waals surface area (Å²) >= 11 is 0.